The van der Waals surface area contributed by atoms with Gasteiger partial charge in [-0.15, -0.1) is 0 Å². The molecule has 1 aliphatic rings. The Morgan fingerprint density at radius 1 is 0.870 bits per heavy atom. The van der Waals surface area contributed by atoms with Crippen molar-refractivity contribution in [1.29, 1.82) is 0 Å². The van der Waals surface area contributed by atoms with E-state index >= 15 is 0 Å². The number of amides is 2. The first-order valence-corrected chi connectivity index (χ1v) is 17.1. The zero-order valence-electron chi connectivity index (χ0n) is 26.2. The average Bonchev–Trinajstić information content (AvgIpc) is 3.37. The summed E-state index contributed by atoms with van der Waals surface area (Å²) in [6.07, 6.45) is 1.54. The van der Waals surface area contributed by atoms with E-state index in [1.54, 1.807) is 0 Å². The first kappa shape index (κ1) is 32.9. The van der Waals surface area contributed by atoms with E-state index in [1.807, 2.05) is 91.9 Å². The lowest BCUT2D eigenvalue weighted by Gasteiger charge is -2.25. The van der Waals surface area contributed by atoms with Gasteiger partial charge < -0.3 is 21.1 Å². The zero-order valence-corrected chi connectivity index (χ0v) is 27.0. The number of aliphatic hydroxyl groups is 1. The van der Waals surface area contributed by atoms with Crippen LogP contribution in [0.1, 0.15) is 62.0 Å². The van der Waals surface area contributed by atoms with Crippen LogP contribution < -0.4 is 20.3 Å². The van der Waals surface area contributed by atoms with Crippen LogP contribution >= 0.6 is 0 Å². The highest BCUT2D eigenvalue weighted by atomic mass is 32.2. The molecule has 4 N–H and O–H groups in total. The average molecular weight is 641 g/mol. The molecule has 0 aromatic heterocycles. The maximum Gasteiger partial charge on any atom is 0.251 e. The number of anilines is 1. The molecule has 5 rings (SSSR count). The molecule has 0 aliphatic heterocycles. The normalized spacial score (nSPS) is 17.0. The van der Waals surface area contributed by atoms with Gasteiger partial charge in [-0.1, -0.05) is 84.9 Å². The van der Waals surface area contributed by atoms with E-state index in [4.69, 9.17) is 0 Å². The van der Waals surface area contributed by atoms with Crippen molar-refractivity contribution in [3.05, 3.63) is 137 Å². The number of benzene rings is 4. The van der Waals surface area contributed by atoms with Crippen LogP contribution in [-0.4, -0.2) is 57.3 Å². The van der Waals surface area contributed by atoms with Crippen LogP contribution in [0.4, 0.5) is 5.69 Å². The second-order valence-electron chi connectivity index (χ2n) is 11.8. The van der Waals surface area contributed by atoms with E-state index in [0.717, 1.165) is 32.8 Å². The van der Waals surface area contributed by atoms with Crippen molar-refractivity contribution >= 4 is 27.5 Å². The quantitative estimate of drug-likeness (QED) is 0.184. The van der Waals surface area contributed by atoms with Gasteiger partial charge in [-0.25, -0.2) is 8.42 Å². The Morgan fingerprint density at radius 2 is 1.46 bits per heavy atom. The molecule has 1 aliphatic carbocycles. The number of hydrogen-bond acceptors (Lipinski definition) is 6. The Bertz CT molecular complexity index is 1780. The summed E-state index contributed by atoms with van der Waals surface area (Å²) in [7, 11) is -2.30. The molecule has 10 heteroatoms. The maximum absolute atomic E-state index is 13.9. The van der Waals surface area contributed by atoms with Crippen LogP contribution in [0.2, 0.25) is 0 Å². The van der Waals surface area contributed by atoms with Gasteiger partial charge in [0.1, 0.15) is 0 Å². The molecule has 0 bridgehead atoms. The van der Waals surface area contributed by atoms with Gasteiger partial charge in [0.15, 0.2) is 0 Å². The van der Waals surface area contributed by atoms with Gasteiger partial charge in [0.05, 0.1) is 30.1 Å². The van der Waals surface area contributed by atoms with Crippen LogP contribution in [-0.2, 0) is 22.9 Å². The Labute approximate surface area is 270 Å². The number of nitrogens with one attached hydrogen (secondary N) is 3. The third-order valence-corrected chi connectivity index (χ3v) is 9.60. The minimum absolute atomic E-state index is 0.148. The van der Waals surface area contributed by atoms with Crippen LogP contribution in [0.25, 0.3) is 0 Å². The van der Waals surface area contributed by atoms with Gasteiger partial charge in [-0.3, -0.25) is 13.9 Å². The van der Waals surface area contributed by atoms with Crippen LogP contribution in [0.5, 0.6) is 0 Å². The smallest absolute Gasteiger partial charge is 0.251 e. The largest absolute Gasteiger partial charge is 0.391 e. The fourth-order valence-corrected chi connectivity index (χ4v) is 6.27. The standard InChI is InChI=1S/C36H40N4O5S/c1-24(26-14-8-5-9-15-26)38-35(42)28-19-29(21-31(20-28)40(2)46(3,44)45)36(43)39-30(18-25-12-6-4-7-13-25)23-37-34-32-17-11-10-16-27(32)22-33(34)41/h4-17,19-21,24,30,33-34,37,41H,18,22-23H2,1-3H3,(H,38,42)(H,39,43). The van der Waals surface area contributed by atoms with Gasteiger partial charge in [0.2, 0.25) is 10.0 Å². The third kappa shape index (κ3) is 8.00. The molecule has 4 aromatic rings. The summed E-state index contributed by atoms with van der Waals surface area (Å²) < 4.78 is 26.0. The highest BCUT2D eigenvalue weighted by molar-refractivity contribution is 7.92. The maximum atomic E-state index is 13.9. The number of carbonyl (C=O) groups is 2. The highest BCUT2D eigenvalue weighted by Crippen LogP contribution is 2.31. The number of fused-ring (bicyclic) bond motifs is 1. The lowest BCUT2D eigenvalue weighted by molar-refractivity contribution is 0.0932. The number of nitrogens with zero attached hydrogens (tertiary/aromatic N) is 1. The van der Waals surface area contributed by atoms with E-state index < -0.39 is 27.9 Å². The van der Waals surface area contributed by atoms with E-state index in [9.17, 15) is 23.1 Å². The fourth-order valence-electron chi connectivity index (χ4n) is 5.78. The highest BCUT2D eigenvalue weighted by Gasteiger charge is 2.31. The minimum Gasteiger partial charge on any atom is -0.391 e. The van der Waals surface area contributed by atoms with E-state index in [1.165, 1.54) is 25.2 Å². The van der Waals surface area contributed by atoms with E-state index in [0.29, 0.717) is 19.4 Å². The number of rotatable bonds is 12. The molecule has 4 atom stereocenters. The SMILES string of the molecule is CC(NC(=O)c1cc(C(=O)NC(CNC2c3ccccc3CC2O)Cc2ccccc2)cc(N(C)S(C)(=O)=O)c1)c1ccccc1. The molecule has 46 heavy (non-hydrogen) atoms. The monoisotopic (exact) mass is 640 g/mol. The molecular formula is C36H40N4O5S. The van der Waals surface area contributed by atoms with Crippen LogP contribution in [0, 0.1) is 0 Å². The third-order valence-electron chi connectivity index (χ3n) is 8.40. The molecule has 4 aromatic carbocycles. The van der Waals surface area contributed by atoms with Crippen molar-refractivity contribution in [2.75, 3.05) is 24.2 Å². The molecule has 0 saturated heterocycles. The number of aliphatic hydroxyl groups excluding tert-OH is 1. The molecule has 0 spiro atoms. The molecule has 0 fully saturated rings. The van der Waals surface area contributed by atoms with Gasteiger partial charge >= 0.3 is 0 Å². The van der Waals surface area contributed by atoms with Gasteiger partial charge in [-0.05, 0) is 53.8 Å². The van der Waals surface area contributed by atoms with E-state index in [-0.39, 0.29) is 34.9 Å². The fraction of sp³-hybridized carbons (Fsp3) is 0.278. The predicted molar refractivity (Wildman–Crippen MR) is 180 cm³/mol. The van der Waals surface area contributed by atoms with Crippen molar-refractivity contribution in [2.24, 2.45) is 0 Å². The molecular weight excluding hydrogens is 600 g/mol. The van der Waals surface area contributed by atoms with Gasteiger partial charge in [0, 0.05) is 37.2 Å². The van der Waals surface area contributed by atoms with Crippen molar-refractivity contribution in [2.45, 2.75) is 44.0 Å². The first-order chi connectivity index (χ1) is 22.0. The summed E-state index contributed by atoms with van der Waals surface area (Å²) in [6, 6.07) is 30.6. The molecule has 240 valence electrons. The summed E-state index contributed by atoms with van der Waals surface area (Å²) in [5.41, 5.74) is 4.55. The lowest BCUT2D eigenvalue weighted by atomic mass is 10.0. The molecule has 0 heterocycles. The Morgan fingerprint density at radius 3 is 2.11 bits per heavy atom. The topological polar surface area (TPSA) is 128 Å². The number of hydrogen-bond donors (Lipinski definition) is 4. The second-order valence-corrected chi connectivity index (χ2v) is 13.8. The van der Waals surface area contributed by atoms with Crippen molar-refractivity contribution in [3.8, 4) is 0 Å². The minimum atomic E-state index is -3.68. The van der Waals surface area contributed by atoms with Crippen molar-refractivity contribution in [3.63, 3.8) is 0 Å². The first-order valence-electron chi connectivity index (χ1n) is 15.3. The summed E-state index contributed by atoms with van der Waals surface area (Å²) >= 11 is 0. The molecule has 0 saturated carbocycles. The summed E-state index contributed by atoms with van der Waals surface area (Å²) in [4.78, 5) is 27.3. The van der Waals surface area contributed by atoms with Crippen molar-refractivity contribution < 1.29 is 23.1 Å². The summed E-state index contributed by atoms with van der Waals surface area (Å²) in [6.45, 7) is 2.22. The van der Waals surface area contributed by atoms with Gasteiger partial charge in [-0.2, -0.15) is 0 Å². The van der Waals surface area contributed by atoms with Crippen molar-refractivity contribution in [1.82, 2.24) is 16.0 Å². The van der Waals surface area contributed by atoms with E-state index in [2.05, 4.69) is 16.0 Å². The Hall–Kier alpha value is -4.51. The number of sulfonamides is 1. The lowest BCUT2D eigenvalue weighted by Crippen LogP contribution is -2.45. The van der Waals surface area contributed by atoms with Crippen LogP contribution in [0.15, 0.2) is 103 Å². The van der Waals surface area contributed by atoms with Gasteiger partial charge in [0.25, 0.3) is 11.8 Å². The Kier molecular flexibility index (Phi) is 10.2. The summed E-state index contributed by atoms with van der Waals surface area (Å²) in [5.74, 6) is -0.894. The molecule has 0 radical (unpaired) electrons. The Balaban J connectivity index is 1.40. The number of carbonyl (C=O) groups excluding carboxylic acids is 2. The second kappa shape index (κ2) is 14.3. The molecule has 9 nitrogen and oxygen atoms in total. The summed E-state index contributed by atoms with van der Waals surface area (Å²) in [5, 5.41) is 20.3. The van der Waals surface area contributed by atoms with Crippen LogP contribution in [0.3, 0.4) is 0 Å². The molecule has 4 unspecified atom stereocenters. The molecule has 2 amide bonds. The zero-order chi connectivity index (χ0) is 32.8. The predicted octanol–water partition coefficient (Wildman–Crippen LogP) is 4.16.